The van der Waals surface area contributed by atoms with Crippen LogP contribution in [0.5, 0.6) is 11.8 Å². The number of nitrogens with zero attached hydrogens (tertiary/aromatic N) is 2. The second-order valence-corrected chi connectivity index (χ2v) is 5.63. The minimum absolute atomic E-state index is 0.240. The average molecular weight is 224 g/mol. The largest absolute Gasteiger partial charge is 0.485 e. The maximum Gasteiger partial charge on any atom is 0.317 e. The molecule has 0 aromatic carbocycles. The van der Waals surface area contributed by atoms with E-state index in [1.54, 1.807) is 12.4 Å². The molecule has 0 saturated carbocycles. The van der Waals surface area contributed by atoms with Crippen LogP contribution >= 0.6 is 0 Å². The predicted octanol–water partition coefficient (Wildman–Crippen LogP) is 2.83. The summed E-state index contributed by atoms with van der Waals surface area (Å²) in [6.07, 6.45) is 3.25. The maximum atomic E-state index is 5.61. The first-order valence-electron chi connectivity index (χ1n) is 5.36. The minimum Gasteiger partial charge on any atom is -0.485 e. The third-order valence-electron chi connectivity index (χ3n) is 1.43. The second-order valence-electron chi connectivity index (χ2n) is 5.63. The van der Waals surface area contributed by atoms with Gasteiger partial charge in [0.25, 0.3) is 0 Å². The van der Waals surface area contributed by atoms with Crippen molar-refractivity contribution < 1.29 is 9.47 Å². The Hall–Kier alpha value is -1.32. The van der Waals surface area contributed by atoms with E-state index in [0.717, 1.165) is 0 Å². The number of hydrogen-bond acceptors (Lipinski definition) is 4. The highest BCUT2D eigenvalue weighted by molar-refractivity contribution is 5.15. The monoisotopic (exact) mass is 224 g/mol. The van der Waals surface area contributed by atoms with Crippen LogP contribution in [0.2, 0.25) is 0 Å². The predicted molar refractivity (Wildman–Crippen MR) is 62.8 cm³/mol. The van der Waals surface area contributed by atoms with E-state index in [1.807, 2.05) is 41.5 Å². The Bertz CT molecular complexity index is 299. The molecule has 0 amide bonds. The summed E-state index contributed by atoms with van der Waals surface area (Å²) in [5, 5.41) is 0. The normalized spacial score (nSPS) is 12.4. The fourth-order valence-electron chi connectivity index (χ4n) is 1.04. The highest BCUT2D eigenvalue weighted by Gasteiger charge is 2.15. The fraction of sp³-hybridized carbons (Fsp3) is 0.667. The molecule has 90 valence electrons. The molecule has 0 fully saturated rings. The van der Waals surface area contributed by atoms with E-state index in [1.165, 1.54) is 0 Å². The number of rotatable bonds is 2. The van der Waals surface area contributed by atoms with Crippen LogP contribution in [-0.2, 0) is 0 Å². The van der Waals surface area contributed by atoms with E-state index in [2.05, 4.69) is 9.97 Å². The summed E-state index contributed by atoms with van der Waals surface area (Å²) >= 11 is 0. The van der Waals surface area contributed by atoms with Crippen molar-refractivity contribution in [1.29, 1.82) is 0 Å². The number of hydrogen-bond donors (Lipinski definition) is 0. The lowest BCUT2D eigenvalue weighted by atomic mass is 10.2. The Balaban J connectivity index is 2.69. The van der Waals surface area contributed by atoms with Gasteiger partial charge in [-0.3, -0.25) is 0 Å². The molecule has 1 rings (SSSR count). The minimum atomic E-state index is -0.285. The van der Waals surface area contributed by atoms with Gasteiger partial charge >= 0.3 is 6.01 Å². The molecule has 0 aliphatic heterocycles. The van der Waals surface area contributed by atoms with Crippen molar-refractivity contribution in [3.05, 3.63) is 12.4 Å². The summed E-state index contributed by atoms with van der Waals surface area (Å²) < 4.78 is 11.1. The first-order chi connectivity index (χ1) is 7.16. The van der Waals surface area contributed by atoms with Gasteiger partial charge in [0, 0.05) is 0 Å². The van der Waals surface area contributed by atoms with Crippen LogP contribution in [0.25, 0.3) is 0 Å². The molecule has 0 aliphatic carbocycles. The van der Waals surface area contributed by atoms with Gasteiger partial charge in [0.05, 0.1) is 12.4 Å². The van der Waals surface area contributed by atoms with Crippen molar-refractivity contribution in [2.75, 3.05) is 0 Å². The molecule has 4 nitrogen and oxygen atoms in total. The molecular formula is C12H20N2O2. The summed E-state index contributed by atoms with van der Waals surface area (Å²) in [5.74, 6) is 0.647. The Morgan fingerprint density at radius 2 is 1.25 bits per heavy atom. The zero-order valence-electron chi connectivity index (χ0n) is 10.9. The SMILES string of the molecule is CC(C)(C)Oc1cnc(OC(C)(C)C)nc1. The molecule has 0 unspecified atom stereocenters. The van der Waals surface area contributed by atoms with Gasteiger partial charge in [0.1, 0.15) is 11.2 Å². The summed E-state index contributed by atoms with van der Waals surface area (Å²) in [4.78, 5) is 8.18. The van der Waals surface area contributed by atoms with E-state index >= 15 is 0 Å². The topological polar surface area (TPSA) is 44.2 Å². The van der Waals surface area contributed by atoms with E-state index in [9.17, 15) is 0 Å². The zero-order chi connectivity index (χ0) is 12.4. The molecule has 0 atom stereocenters. The first kappa shape index (κ1) is 12.7. The molecule has 0 bridgehead atoms. The van der Waals surface area contributed by atoms with Crippen LogP contribution in [0.15, 0.2) is 12.4 Å². The van der Waals surface area contributed by atoms with E-state index in [0.29, 0.717) is 11.8 Å². The van der Waals surface area contributed by atoms with Gasteiger partial charge in [0.15, 0.2) is 5.75 Å². The molecule has 0 aliphatic rings. The van der Waals surface area contributed by atoms with Gasteiger partial charge in [-0.25, -0.2) is 0 Å². The van der Waals surface area contributed by atoms with Crippen LogP contribution in [0.4, 0.5) is 0 Å². The second kappa shape index (κ2) is 4.28. The highest BCUT2D eigenvalue weighted by atomic mass is 16.5. The van der Waals surface area contributed by atoms with Gasteiger partial charge in [-0.2, -0.15) is 9.97 Å². The van der Waals surface area contributed by atoms with Crippen LogP contribution in [0.1, 0.15) is 41.5 Å². The van der Waals surface area contributed by atoms with Crippen molar-refractivity contribution in [3.63, 3.8) is 0 Å². The van der Waals surface area contributed by atoms with Crippen molar-refractivity contribution in [2.24, 2.45) is 0 Å². The Morgan fingerprint density at radius 1 is 0.812 bits per heavy atom. The number of ether oxygens (including phenoxy) is 2. The van der Waals surface area contributed by atoms with Crippen molar-refractivity contribution in [2.45, 2.75) is 52.7 Å². The lowest BCUT2D eigenvalue weighted by Gasteiger charge is -2.22. The van der Waals surface area contributed by atoms with E-state index in [-0.39, 0.29) is 11.2 Å². The molecule has 0 spiro atoms. The Kier molecular flexibility index (Phi) is 3.41. The summed E-state index contributed by atoms with van der Waals surface area (Å²) in [6, 6.07) is 0.369. The standard InChI is InChI=1S/C12H20N2O2/c1-11(2,3)15-9-7-13-10(14-8-9)16-12(4,5)6/h7-8H,1-6H3. The molecule has 4 heteroatoms. The highest BCUT2D eigenvalue weighted by Crippen LogP contribution is 2.18. The zero-order valence-corrected chi connectivity index (χ0v) is 10.9. The fourth-order valence-corrected chi connectivity index (χ4v) is 1.04. The summed E-state index contributed by atoms with van der Waals surface area (Å²) in [6.45, 7) is 11.8. The van der Waals surface area contributed by atoms with E-state index < -0.39 is 0 Å². The third kappa shape index (κ3) is 4.96. The van der Waals surface area contributed by atoms with Gasteiger partial charge in [-0.05, 0) is 41.5 Å². The van der Waals surface area contributed by atoms with Crippen LogP contribution in [-0.4, -0.2) is 21.2 Å². The Morgan fingerprint density at radius 3 is 1.62 bits per heavy atom. The van der Waals surface area contributed by atoms with E-state index in [4.69, 9.17) is 9.47 Å². The number of aromatic nitrogens is 2. The third-order valence-corrected chi connectivity index (χ3v) is 1.43. The molecule has 0 radical (unpaired) electrons. The summed E-state index contributed by atoms with van der Waals surface area (Å²) in [7, 11) is 0. The summed E-state index contributed by atoms with van der Waals surface area (Å²) in [5.41, 5.74) is -0.526. The van der Waals surface area contributed by atoms with Crippen molar-refractivity contribution in [3.8, 4) is 11.8 Å². The van der Waals surface area contributed by atoms with Gasteiger partial charge in [-0.1, -0.05) is 0 Å². The molecule has 1 aromatic rings. The smallest absolute Gasteiger partial charge is 0.317 e. The quantitative estimate of drug-likeness (QED) is 0.774. The molecule has 0 saturated heterocycles. The van der Waals surface area contributed by atoms with Crippen LogP contribution in [0.3, 0.4) is 0 Å². The first-order valence-corrected chi connectivity index (χ1v) is 5.36. The van der Waals surface area contributed by atoms with Crippen molar-refractivity contribution >= 4 is 0 Å². The molecule has 1 heterocycles. The van der Waals surface area contributed by atoms with Gasteiger partial charge in [0.2, 0.25) is 0 Å². The lowest BCUT2D eigenvalue weighted by Crippen LogP contribution is -2.25. The Labute approximate surface area is 97.0 Å². The molecular weight excluding hydrogens is 204 g/mol. The van der Waals surface area contributed by atoms with Gasteiger partial charge < -0.3 is 9.47 Å². The molecule has 1 aromatic heterocycles. The van der Waals surface area contributed by atoms with Gasteiger partial charge in [-0.15, -0.1) is 0 Å². The average Bonchev–Trinajstić information content (AvgIpc) is 2.03. The maximum absolute atomic E-state index is 5.61. The van der Waals surface area contributed by atoms with Crippen LogP contribution < -0.4 is 9.47 Å². The van der Waals surface area contributed by atoms with Crippen LogP contribution in [0, 0.1) is 0 Å². The van der Waals surface area contributed by atoms with Crippen molar-refractivity contribution in [1.82, 2.24) is 9.97 Å². The molecule has 16 heavy (non-hydrogen) atoms. The molecule has 0 N–H and O–H groups in total. The lowest BCUT2D eigenvalue weighted by molar-refractivity contribution is 0.111.